The summed E-state index contributed by atoms with van der Waals surface area (Å²) in [6.07, 6.45) is 6.43. The molecule has 2 heterocycles. The summed E-state index contributed by atoms with van der Waals surface area (Å²) >= 11 is 0. The first kappa shape index (κ1) is 12.5. The maximum atomic E-state index is 12.7. The van der Waals surface area contributed by atoms with Gasteiger partial charge in [0.2, 0.25) is 0 Å². The van der Waals surface area contributed by atoms with E-state index < -0.39 is 0 Å². The Hall–Kier alpha value is -1.58. The van der Waals surface area contributed by atoms with E-state index in [9.17, 15) is 4.79 Å². The van der Waals surface area contributed by atoms with E-state index in [0.717, 1.165) is 36.8 Å². The second-order valence-electron chi connectivity index (χ2n) is 5.62. The van der Waals surface area contributed by atoms with Crippen molar-refractivity contribution in [2.45, 2.75) is 38.6 Å². The first-order valence-electron chi connectivity index (χ1n) is 7.29. The van der Waals surface area contributed by atoms with Crippen LogP contribution in [0.1, 0.15) is 43.0 Å². The Morgan fingerprint density at radius 2 is 2.42 bits per heavy atom. The van der Waals surface area contributed by atoms with Gasteiger partial charge in [0.15, 0.2) is 0 Å². The van der Waals surface area contributed by atoms with Crippen LogP contribution in [0.15, 0.2) is 18.3 Å². The summed E-state index contributed by atoms with van der Waals surface area (Å²) in [5.74, 6) is 1.62. The average molecular weight is 259 g/mol. The Balaban J connectivity index is 1.79. The van der Waals surface area contributed by atoms with Crippen molar-refractivity contribution >= 4 is 11.7 Å². The zero-order valence-corrected chi connectivity index (χ0v) is 11.4. The zero-order valence-electron chi connectivity index (χ0n) is 11.4. The van der Waals surface area contributed by atoms with Gasteiger partial charge >= 0.3 is 0 Å². The molecule has 1 aliphatic carbocycles. The van der Waals surface area contributed by atoms with Crippen molar-refractivity contribution in [2.75, 3.05) is 18.4 Å². The van der Waals surface area contributed by atoms with Gasteiger partial charge in [-0.2, -0.15) is 0 Å². The molecule has 0 radical (unpaired) electrons. The smallest absolute Gasteiger partial charge is 0.257 e. The summed E-state index contributed by atoms with van der Waals surface area (Å²) in [6.45, 7) is 3.89. The molecule has 102 valence electrons. The number of hydrogen-bond donors (Lipinski definition) is 1. The number of pyridine rings is 1. The second kappa shape index (κ2) is 5.19. The van der Waals surface area contributed by atoms with Crippen molar-refractivity contribution < 1.29 is 4.79 Å². The fourth-order valence-corrected chi connectivity index (χ4v) is 3.29. The molecule has 1 aromatic rings. The first-order valence-corrected chi connectivity index (χ1v) is 7.29. The van der Waals surface area contributed by atoms with Gasteiger partial charge in [-0.15, -0.1) is 0 Å². The Labute approximate surface area is 114 Å². The van der Waals surface area contributed by atoms with Crippen LogP contribution < -0.4 is 5.32 Å². The number of amides is 1. The third kappa shape index (κ3) is 2.31. The summed E-state index contributed by atoms with van der Waals surface area (Å²) in [6, 6.07) is 4.20. The molecule has 4 nitrogen and oxygen atoms in total. The molecule has 2 fully saturated rings. The van der Waals surface area contributed by atoms with Crippen LogP contribution in [0, 0.1) is 5.92 Å². The van der Waals surface area contributed by atoms with Gasteiger partial charge in [-0.05, 0) is 43.7 Å². The monoisotopic (exact) mass is 259 g/mol. The highest BCUT2D eigenvalue weighted by Crippen LogP contribution is 2.38. The van der Waals surface area contributed by atoms with E-state index in [1.807, 2.05) is 12.1 Å². The lowest BCUT2D eigenvalue weighted by Gasteiger charge is -2.27. The first-order chi connectivity index (χ1) is 9.29. The van der Waals surface area contributed by atoms with E-state index in [1.54, 1.807) is 6.20 Å². The molecule has 19 heavy (non-hydrogen) atoms. The lowest BCUT2D eigenvalue weighted by atomic mass is 10.1. The van der Waals surface area contributed by atoms with Gasteiger partial charge in [-0.25, -0.2) is 4.98 Å². The number of rotatable bonds is 4. The molecule has 3 rings (SSSR count). The van der Waals surface area contributed by atoms with Gasteiger partial charge < -0.3 is 10.2 Å². The highest BCUT2D eigenvalue weighted by atomic mass is 16.2. The number of piperidine rings is 1. The van der Waals surface area contributed by atoms with Crippen LogP contribution in [0.4, 0.5) is 5.82 Å². The number of carbonyl (C=O) groups excluding carboxylic acids is 1. The normalized spacial score (nSPS) is 24.8. The minimum Gasteiger partial charge on any atom is -0.369 e. The topological polar surface area (TPSA) is 45.2 Å². The fraction of sp³-hybridized carbons (Fsp3) is 0.600. The van der Waals surface area contributed by atoms with E-state index in [-0.39, 0.29) is 5.91 Å². The zero-order chi connectivity index (χ0) is 13.2. The number of carbonyl (C=O) groups is 1. The molecule has 2 bridgehead atoms. The number of aromatic nitrogens is 1. The van der Waals surface area contributed by atoms with E-state index in [1.165, 1.54) is 19.3 Å². The molecule has 2 atom stereocenters. The molecule has 1 N–H and O–H groups in total. The molecule has 1 saturated heterocycles. The summed E-state index contributed by atoms with van der Waals surface area (Å²) < 4.78 is 0. The number of likely N-dealkylation sites (tertiary alicyclic amines) is 1. The molecular weight excluding hydrogens is 238 g/mol. The van der Waals surface area contributed by atoms with Crippen LogP contribution in [-0.4, -0.2) is 34.9 Å². The molecule has 2 aliphatic rings. The average Bonchev–Trinajstić information content (AvgIpc) is 3.07. The summed E-state index contributed by atoms with van der Waals surface area (Å²) in [4.78, 5) is 19.0. The third-order valence-electron chi connectivity index (χ3n) is 4.25. The van der Waals surface area contributed by atoms with Crippen LogP contribution in [-0.2, 0) is 0 Å². The minimum atomic E-state index is 0.152. The quantitative estimate of drug-likeness (QED) is 0.903. The Bertz CT molecular complexity index is 474. The molecule has 1 amide bonds. The Morgan fingerprint density at radius 3 is 3.11 bits per heavy atom. The molecule has 4 heteroatoms. The Kier molecular flexibility index (Phi) is 3.40. The van der Waals surface area contributed by atoms with Crippen LogP contribution in [0.5, 0.6) is 0 Å². The highest BCUT2D eigenvalue weighted by molar-refractivity contribution is 5.99. The van der Waals surface area contributed by atoms with Gasteiger partial charge in [-0.3, -0.25) is 4.79 Å². The van der Waals surface area contributed by atoms with Crippen molar-refractivity contribution in [2.24, 2.45) is 5.92 Å². The standard InChI is InChI=1S/C15H21N3O/c1-2-7-16-14-13(4-3-8-17-14)15(19)18-10-11-5-6-12(18)9-11/h3-4,8,11-12H,2,5-7,9-10H2,1H3,(H,16,17). The summed E-state index contributed by atoms with van der Waals surface area (Å²) in [5.41, 5.74) is 0.725. The molecule has 1 aliphatic heterocycles. The molecule has 0 aromatic carbocycles. The fourth-order valence-electron chi connectivity index (χ4n) is 3.29. The van der Waals surface area contributed by atoms with E-state index in [4.69, 9.17) is 0 Å². The summed E-state index contributed by atoms with van der Waals surface area (Å²) in [5, 5.41) is 3.25. The van der Waals surface area contributed by atoms with Crippen molar-refractivity contribution in [3.63, 3.8) is 0 Å². The van der Waals surface area contributed by atoms with Gasteiger partial charge in [0.05, 0.1) is 5.56 Å². The number of nitrogens with one attached hydrogen (secondary N) is 1. The van der Waals surface area contributed by atoms with Gasteiger partial charge in [-0.1, -0.05) is 6.92 Å². The lowest BCUT2D eigenvalue weighted by Crippen LogP contribution is -2.38. The van der Waals surface area contributed by atoms with Gasteiger partial charge in [0.25, 0.3) is 5.91 Å². The number of anilines is 1. The maximum Gasteiger partial charge on any atom is 0.257 e. The molecule has 0 spiro atoms. The highest BCUT2D eigenvalue weighted by Gasteiger charge is 2.40. The lowest BCUT2D eigenvalue weighted by molar-refractivity contribution is 0.0704. The maximum absolute atomic E-state index is 12.7. The predicted octanol–water partition coefficient (Wildman–Crippen LogP) is 2.53. The van der Waals surface area contributed by atoms with Crippen molar-refractivity contribution in [3.8, 4) is 0 Å². The summed E-state index contributed by atoms with van der Waals surface area (Å²) in [7, 11) is 0. The number of hydrogen-bond acceptors (Lipinski definition) is 3. The SMILES string of the molecule is CCCNc1ncccc1C(=O)N1CC2CCC1C2. The minimum absolute atomic E-state index is 0.152. The largest absolute Gasteiger partial charge is 0.369 e. The number of fused-ring (bicyclic) bond motifs is 2. The van der Waals surface area contributed by atoms with Crippen LogP contribution in [0.2, 0.25) is 0 Å². The third-order valence-corrected chi connectivity index (χ3v) is 4.25. The molecular formula is C15H21N3O. The molecule has 2 unspecified atom stereocenters. The Morgan fingerprint density at radius 1 is 1.53 bits per heavy atom. The van der Waals surface area contributed by atoms with Crippen LogP contribution >= 0.6 is 0 Å². The van der Waals surface area contributed by atoms with Crippen molar-refractivity contribution in [3.05, 3.63) is 23.9 Å². The molecule has 1 aromatic heterocycles. The van der Waals surface area contributed by atoms with Gasteiger partial charge in [0, 0.05) is 25.3 Å². The van der Waals surface area contributed by atoms with E-state index in [0.29, 0.717) is 6.04 Å². The van der Waals surface area contributed by atoms with Crippen LogP contribution in [0.25, 0.3) is 0 Å². The van der Waals surface area contributed by atoms with E-state index in [2.05, 4.69) is 22.1 Å². The van der Waals surface area contributed by atoms with Gasteiger partial charge in [0.1, 0.15) is 5.82 Å². The predicted molar refractivity (Wildman–Crippen MR) is 75.2 cm³/mol. The van der Waals surface area contributed by atoms with Crippen molar-refractivity contribution in [1.29, 1.82) is 0 Å². The van der Waals surface area contributed by atoms with Crippen LogP contribution in [0.3, 0.4) is 0 Å². The van der Waals surface area contributed by atoms with Crippen molar-refractivity contribution in [1.82, 2.24) is 9.88 Å². The number of nitrogens with zero attached hydrogens (tertiary/aromatic N) is 2. The second-order valence-corrected chi connectivity index (χ2v) is 5.62. The van der Waals surface area contributed by atoms with E-state index >= 15 is 0 Å². The molecule has 1 saturated carbocycles.